The molecule has 0 saturated carbocycles. The molecule has 0 aliphatic carbocycles. The number of hydrogen-bond acceptors (Lipinski definition) is 4. The van der Waals surface area contributed by atoms with Crippen LogP contribution in [0.3, 0.4) is 0 Å². The van der Waals surface area contributed by atoms with Gasteiger partial charge in [0.25, 0.3) is 0 Å². The predicted octanol–water partition coefficient (Wildman–Crippen LogP) is 2.38. The number of hydrogen-bond donors (Lipinski definition) is 1. The maximum atomic E-state index is 12.7. The fourth-order valence-corrected chi connectivity index (χ4v) is 2.30. The van der Waals surface area contributed by atoms with Crippen LogP contribution >= 0.6 is 11.8 Å². The lowest BCUT2D eigenvalue weighted by atomic mass is 10.3. The highest BCUT2D eigenvalue weighted by Crippen LogP contribution is 2.18. The largest absolute Gasteiger partial charge is 0.469 e. The number of thioether (sulfide) groups is 1. The number of amides is 1. The first-order valence-electron chi connectivity index (χ1n) is 6.33. The van der Waals surface area contributed by atoms with Gasteiger partial charge in [0, 0.05) is 30.0 Å². The molecule has 6 heteroatoms. The SMILES string of the molecule is COC(=O)CCCNC(=O)CCSc1ccc(F)cc1. The van der Waals surface area contributed by atoms with E-state index >= 15 is 0 Å². The second-order valence-electron chi connectivity index (χ2n) is 4.08. The molecule has 0 spiro atoms. The van der Waals surface area contributed by atoms with E-state index in [1.165, 1.54) is 31.0 Å². The van der Waals surface area contributed by atoms with Gasteiger partial charge in [0.15, 0.2) is 0 Å². The smallest absolute Gasteiger partial charge is 0.305 e. The molecule has 20 heavy (non-hydrogen) atoms. The molecule has 1 rings (SSSR count). The summed E-state index contributed by atoms with van der Waals surface area (Å²) < 4.78 is 17.2. The van der Waals surface area contributed by atoms with Crippen molar-refractivity contribution in [1.29, 1.82) is 0 Å². The number of carbonyl (C=O) groups is 2. The van der Waals surface area contributed by atoms with Gasteiger partial charge in [0.1, 0.15) is 5.82 Å². The maximum Gasteiger partial charge on any atom is 0.305 e. The molecule has 0 aromatic heterocycles. The van der Waals surface area contributed by atoms with Crippen molar-refractivity contribution in [2.75, 3.05) is 19.4 Å². The average Bonchev–Trinajstić information content (AvgIpc) is 2.45. The zero-order chi connectivity index (χ0) is 14.8. The summed E-state index contributed by atoms with van der Waals surface area (Å²) in [7, 11) is 1.34. The molecule has 1 amide bonds. The summed E-state index contributed by atoms with van der Waals surface area (Å²) in [5.74, 6) is 0.0439. The average molecular weight is 299 g/mol. The molecule has 0 saturated heterocycles. The second-order valence-corrected chi connectivity index (χ2v) is 5.25. The van der Waals surface area contributed by atoms with E-state index in [1.807, 2.05) is 0 Å². The Morgan fingerprint density at radius 3 is 2.60 bits per heavy atom. The molecule has 1 N–H and O–H groups in total. The van der Waals surface area contributed by atoms with Crippen LogP contribution in [0.2, 0.25) is 0 Å². The van der Waals surface area contributed by atoms with Gasteiger partial charge in [-0.15, -0.1) is 11.8 Å². The highest BCUT2D eigenvalue weighted by Gasteiger charge is 2.03. The van der Waals surface area contributed by atoms with Crippen molar-refractivity contribution >= 4 is 23.6 Å². The standard InChI is InChI=1S/C14H18FNO3S/c1-19-14(18)3-2-9-16-13(17)8-10-20-12-6-4-11(15)5-7-12/h4-7H,2-3,8-10H2,1H3,(H,16,17). The van der Waals surface area contributed by atoms with Crippen LogP contribution in [0.25, 0.3) is 0 Å². The summed E-state index contributed by atoms with van der Waals surface area (Å²) in [6, 6.07) is 6.17. The Kier molecular flexibility index (Phi) is 7.72. The molecule has 0 radical (unpaired) electrons. The van der Waals surface area contributed by atoms with Gasteiger partial charge in [0.2, 0.25) is 5.91 Å². The Morgan fingerprint density at radius 2 is 1.95 bits per heavy atom. The van der Waals surface area contributed by atoms with Gasteiger partial charge in [-0.1, -0.05) is 0 Å². The lowest BCUT2D eigenvalue weighted by molar-refractivity contribution is -0.140. The van der Waals surface area contributed by atoms with Gasteiger partial charge in [-0.05, 0) is 30.7 Å². The Balaban J connectivity index is 2.08. The maximum absolute atomic E-state index is 12.7. The summed E-state index contributed by atoms with van der Waals surface area (Å²) in [6.07, 6.45) is 1.27. The van der Waals surface area contributed by atoms with Gasteiger partial charge in [0.05, 0.1) is 7.11 Å². The zero-order valence-corrected chi connectivity index (χ0v) is 12.2. The van der Waals surface area contributed by atoms with E-state index in [9.17, 15) is 14.0 Å². The van der Waals surface area contributed by atoms with Crippen LogP contribution in [0.5, 0.6) is 0 Å². The number of methoxy groups -OCH3 is 1. The number of halogens is 1. The van der Waals surface area contributed by atoms with Gasteiger partial charge >= 0.3 is 5.97 Å². The molecule has 0 unspecified atom stereocenters. The summed E-state index contributed by atoms with van der Waals surface area (Å²) in [5, 5.41) is 2.74. The Bertz CT molecular complexity index is 437. The van der Waals surface area contributed by atoms with E-state index in [0.29, 0.717) is 31.6 Å². The van der Waals surface area contributed by atoms with Crippen molar-refractivity contribution in [3.63, 3.8) is 0 Å². The third-order valence-corrected chi connectivity index (χ3v) is 3.53. The molecule has 0 atom stereocenters. The fraction of sp³-hybridized carbons (Fsp3) is 0.429. The fourth-order valence-electron chi connectivity index (χ4n) is 1.44. The van der Waals surface area contributed by atoms with E-state index in [1.54, 1.807) is 12.1 Å². The highest BCUT2D eigenvalue weighted by molar-refractivity contribution is 7.99. The molecule has 0 fully saturated rings. The van der Waals surface area contributed by atoms with Crippen LogP contribution < -0.4 is 5.32 Å². The van der Waals surface area contributed by atoms with Gasteiger partial charge in [-0.3, -0.25) is 9.59 Å². The van der Waals surface area contributed by atoms with Crippen molar-refractivity contribution in [1.82, 2.24) is 5.32 Å². The molecule has 1 aromatic carbocycles. The van der Waals surface area contributed by atoms with Crippen LogP contribution in [0, 0.1) is 5.82 Å². The molecular weight excluding hydrogens is 281 g/mol. The van der Waals surface area contributed by atoms with E-state index in [2.05, 4.69) is 10.1 Å². The Morgan fingerprint density at radius 1 is 1.25 bits per heavy atom. The van der Waals surface area contributed by atoms with E-state index in [4.69, 9.17) is 0 Å². The molecular formula is C14H18FNO3S. The van der Waals surface area contributed by atoms with Gasteiger partial charge in [-0.25, -0.2) is 4.39 Å². The number of benzene rings is 1. The lowest BCUT2D eigenvalue weighted by Gasteiger charge is -2.05. The molecule has 1 aromatic rings. The first-order valence-corrected chi connectivity index (χ1v) is 7.32. The van der Waals surface area contributed by atoms with Crippen LogP contribution in [0.4, 0.5) is 4.39 Å². The first kappa shape index (κ1) is 16.5. The molecule has 0 heterocycles. The highest BCUT2D eigenvalue weighted by atomic mass is 32.2. The van der Waals surface area contributed by atoms with Crippen molar-refractivity contribution in [2.24, 2.45) is 0 Å². The Hall–Kier alpha value is -1.56. The van der Waals surface area contributed by atoms with E-state index in [0.717, 1.165) is 4.90 Å². The summed E-state index contributed by atoms with van der Waals surface area (Å²) in [4.78, 5) is 23.3. The number of ether oxygens (including phenoxy) is 1. The number of rotatable bonds is 8. The molecule has 0 aliphatic rings. The molecule has 0 aliphatic heterocycles. The normalized spacial score (nSPS) is 10.1. The predicted molar refractivity (Wildman–Crippen MR) is 76.0 cm³/mol. The third kappa shape index (κ3) is 7.13. The lowest BCUT2D eigenvalue weighted by Crippen LogP contribution is -2.25. The quantitative estimate of drug-likeness (QED) is 0.455. The topological polar surface area (TPSA) is 55.4 Å². The van der Waals surface area contributed by atoms with Crippen molar-refractivity contribution in [3.8, 4) is 0 Å². The first-order chi connectivity index (χ1) is 9.61. The number of nitrogens with one attached hydrogen (secondary N) is 1. The monoisotopic (exact) mass is 299 g/mol. The molecule has 110 valence electrons. The summed E-state index contributed by atoms with van der Waals surface area (Å²) >= 11 is 1.50. The summed E-state index contributed by atoms with van der Waals surface area (Å²) in [5.41, 5.74) is 0. The van der Waals surface area contributed by atoms with Crippen molar-refractivity contribution in [3.05, 3.63) is 30.1 Å². The van der Waals surface area contributed by atoms with Crippen molar-refractivity contribution < 1.29 is 18.7 Å². The Labute approximate surface area is 122 Å². The minimum Gasteiger partial charge on any atom is -0.469 e. The minimum absolute atomic E-state index is 0.0514. The van der Waals surface area contributed by atoms with Crippen LogP contribution in [0.15, 0.2) is 29.2 Å². The third-order valence-electron chi connectivity index (χ3n) is 2.52. The van der Waals surface area contributed by atoms with Crippen molar-refractivity contribution in [2.45, 2.75) is 24.2 Å². The van der Waals surface area contributed by atoms with E-state index < -0.39 is 0 Å². The van der Waals surface area contributed by atoms with Gasteiger partial charge in [-0.2, -0.15) is 0 Å². The van der Waals surface area contributed by atoms with Crippen LogP contribution in [-0.2, 0) is 14.3 Å². The van der Waals surface area contributed by atoms with E-state index in [-0.39, 0.29) is 17.7 Å². The van der Waals surface area contributed by atoms with Gasteiger partial charge < -0.3 is 10.1 Å². The molecule has 4 nitrogen and oxygen atoms in total. The number of esters is 1. The summed E-state index contributed by atoms with van der Waals surface area (Å²) in [6.45, 7) is 0.467. The molecule has 0 bridgehead atoms. The number of carbonyl (C=O) groups excluding carboxylic acids is 2. The zero-order valence-electron chi connectivity index (χ0n) is 11.4. The van der Waals surface area contributed by atoms with Crippen LogP contribution in [0.1, 0.15) is 19.3 Å². The second kappa shape index (κ2) is 9.36. The van der Waals surface area contributed by atoms with Crippen LogP contribution in [-0.4, -0.2) is 31.3 Å². The minimum atomic E-state index is -0.272.